The third-order valence-corrected chi connectivity index (χ3v) is 5.50. The van der Waals surface area contributed by atoms with Crippen LogP contribution in [-0.2, 0) is 22.4 Å². The van der Waals surface area contributed by atoms with Gasteiger partial charge in [-0.3, -0.25) is 14.4 Å². The lowest BCUT2D eigenvalue weighted by molar-refractivity contribution is -0.135. The number of hydrogen-bond acceptors (Lipinski definition) is 7. The van der Waals surface area contributed by atoms with Gasteiger partial charge < -0.3 is 26.2 Å². The summed E-state index contributed by atoms with van der Waals surface area (Å²) in [5.74, 6) is -1.44. The van der Waals surface area contributed by atoms with E-state index in [1.54, 1.807) is 13.0 Å². The number of likely N-dealkylation sites (N-methyl/N-ethyl adjacent to an activating group) is 2. The minimum absolute atomic E-state index is 0.0458. The second kappa shape index (κ2) is 13.3. The first-order valence-corrected chi connectivity index (χ1v) is 11.5. The number of carbonyl (C=O) groups is 3. The molecule has 2 rings (SSSR count). The van der Waals surface area contributed by atoms with Crippen LogP contribution in [0.3, 0.4) is 0 Å². The maximum atomic E-state index is 12.7. The van der Waals surface area contributed by atoms with Gasteiger partial charge in [-0.05, 0) is 58.3 Å². The number of aromatic nitrogens is 2. The largest absolute Gasteiger partial charge is 0.364 e. The van der Waals surface area contributed by atoms with Gasteiger partial charge in [0.25, 0.3) is 5.91 Å². The summed E-state index contributed by atoms with van der Waals surface area (Å²) < 4.78 is 44.2. The van der Waals surface area contributed by atoms with Crippen molar-refractivity contribution in [1.82, 2.24) is 25.1 Å². The molecule has 4 N–H and O–H groups in total. The first-order valence-electron chi connectivity index (χ1n) is 14.5. The number of rotatable bonds is 12. The number of nitrogens with zero attached hydrogens (tertiary/aromatic N) is 4. The molecule has 1 aromatic carbocycles. The Morgan fingerprint density at radius 1 is 1.25 bits per heavy atom. The fourth-order valence-corrected chi connectivity index (χ4v) is 3.31. The molecule has 1 aromatic heterocycles. The van der Waals surface area contributed by atoms with Crippen LogP contribution in [0.4, 0.5) is 11.5 Å². The molecule has 36 heavy (non-hydrogen) atoms. The second-order valence-electron chi connectivity index (χ2n) is 8.18. The third kappa shape index (κ3) is 8.16. The first-order chi connectivity index (χ1) is 19.4. The smallest absolute Gasteiger partial charge is 0.271 e. The Morgan fingerprint density at radius 3 is 2.67 bits per heavy atom. The van der Waals surface area contributed by atoms with E-state index in [4.69, 9.17) is 14.0 Å². The van der Waals surface area contributed by atoms with Crippen molar-refractivity contribution in [3.63, 3.8) is 0 Å². The molecule has 0 unspecified atom stereocenters. The molecule has 1 atom stereocenters. The summed E-state index contributed by atoms with van der Waals surface area (Å²) in [5.41, 5.74) is 8.45. The minimum atomic E-state index is -2.87. The predicted molar refractivity (Wildman–Crippen MR) is 141 cm³/mol. The van der Waals surface area contributed by atoms with E-state index in [1.807, 2.05) is 25.1 Å². The first kappa shape index (κ1) is 20.4. The van der Waals surface area contributed by atoms with Crippen molar-refractivity contribution in [2.75, 3.05) is 39.4 Å². The predicted octanol–water partition coefficient (Wildman–Crippen LogP) is 1.81. The monoisotopic (exact) mass is 501 g/mol. The van der Waals surface area contributed by atoms with Crippen LogP contribution in [0.15, 0.2) is 36.4 Å². The van der Waals surface area contributed by atoms with Crippen molar-refractivity contribution in [3.8, 4) is 0 Å². The van der Waals surface area contributed by atoms with Gasteiger partial charge in [-0.25, -0.2) is 9.97 Å². The van der Waals surface area contributed by atoms with Gasteiger partial charge in [-0.1, -0.05) is 25.1 Å². The summed E-state index contributed by atoms with van der Waals surface area (Å²) in [6, 6.07) is 6.47. The average Bonchev–Trinajstić information content (AvgIpc) is 2.88. The summed E-state index contributed by atoms with van der Waals surface area (Å²) in [7, 11) is 1.41. The molecular formula is C26H37N7O3. The zero-order chi connectivity index (χ0) is 31.8. The van der Waals surface area contributed by atoms with Gasteiger partial charge in [0, 0.05) is 40.1 Å². The minimum Gasteiger partial charge on any atom is -0.364 e. The van der Waals surface area contributed by atoms with E-state index in [0.29, 0.717) is 34.8 Å². The van der Waals surface area contributed by atoms with E-state index in [1.165, 1.54) is 14.0 Å². The van der Waals surface area contributed by atoms with E-state index in [-0.39, 0.29) is 18.1 Å². The van der Waals surface area contributed by atoms with Gasteiger partial charge in [0.1, 0.15) is 6.04 Å². The van der Waals surface area contributed by atoms with Crippen LogP contribution >= 0.6 is 0 Å². The molecule has 1 heterocycles. The van der Waals surface area contributed by atoms with Crippen LogP contribution in [0.2, 0.25) is 0 Å². The molecule has 3 amide bonds. The molecule has 10 heteroatoms. The molecule has 0 saturated heterocycles. The van der Waals surface area contributed by atoms with E-state index < -0.39 is 44.3 Å². The molecule has 194 valence electrons. The Kier molecular flexibility index (Phi) is 7.56. The molecule has 0 radical (unpaired) electrons. The summed E-state index contributed by atoms with van der Waals surface area (Å²) in [4.78, 5) is 47.3. The molecule has 0 spiro atoms. The number of hydrogen-bond donors (Lipinski definition) is 3. The maximum absolute atomic E-state index is 12.7. The van der Waals surface area contributed by atoms with Gasteiger partial charge in [0.2, 0.25) is 11.8 Å². The van der Waals surface area contributed by atoms with Gasteiger partial charge in [-0.2, -0.15) is 0 Å². The Labute approximate surface area is 221 Å². The van der Waals surface area contributed by atoms with E-state index >= 15 is 0 Å². The summed E-state index contributed by atoms with van der Waals surface area (Å²) in [5, 5.41) is 5.87. The maximum Gasteiger partial charge on any atom is 0.271 e. The van der Waals surface area contributed by atoms with Crippen molar-refractivity contribution in [2.24, 2.45) is 5.73 Å². The Bertz CT molecular complexity index is 1300. The van der Waals surface area contributed by atoms with Crippen molar-refractivity contribution >= 4 is 29.2 Å². The lowest BCUT2D eigenvalue weighted by Gasteiger charge is -2.23. The number of benzene rings is 1. The number of nitrogens with two attached hydrogens (primary N) is 1. The fourth-order valence-electron chi connectivity index (χ4n) is 3.31. The van der Waals surface area contributed by atoms with E-state index in [0.717, 1.165) is 22.6 Å². The molecule has 2 aromatic rings. The van der Waals surface area contributed by atoms with Gasteiger partial charge in [0.05, 0.1) is 11.4 Å². The van der Waals surface area contributed by atoms with Crippen molar-refractivity contribution in [1.29, 1.82) is 0 Å². The van der Waals surface area contributed by atoms with Crippen molar-refractivity contribution < 1.29 is 22.6 Å². The SMILES string of the molecule is [2H]C([2H])([2H])N(C/C=C/C(=O)N(C)[C@@H](C)C(=O)NCCc1cccc(Nc2nc(C)c(CC)nc2C(N)=O)c1)C([2H])([2H])[2H]. The summed E-state index contributed by atoms with van der Waals surface area (Å²) >= 11 is 0. The molecule has 0 bridgehead atoms. The third-order valence-electron chi connectivity index (χ3n) is 5.50. The number of nitrogens with one attached hydrogen (secondary N) is 2. The van der Waals surface area contributed by atoms with E-state index in [9.17, 15) is 14.4 Å². The number of anilines is 2. The van der Waals surface area contributed by atoms with Crippen LogP contribution in [-0.4, -0.2) is 77.6 Å². The molecule has 10 nitrogen and oxygen atoms in total. The van der Waals surface area contributed by atoms with Crippen LogP contribution in [0.5, 0.6) is 0 Å². The number of carbonyl (C=O) groups excluding carboxylic acids is 3. The number of aryl methyl sites for hydroxylation is 2. The molecule has 0 saturated carbocycles. The highest BCUT2D eigenvalue weighted by Gasteiger charge is 2.20. The molecule has 0 aliphatic rings. The lowest BCUT2D eigenvalue weighted by atomic mass is 10.1. The zero-order valence-electron chi connectivity index (χ0n) is 27.0. The molecule has 0 aliphatic heterocycles. The quantitative estimate of drug-likeness (QED) is 0.378. The van der Waals surface area contributed by atoms with Crippen molar-refractivity contribution in [2.45, 2.75) is 39.7 Å². The second-order valence-corrected chi connectivity index (χ2v) is 8.18. The number of amides is 3. The highest BCUT2D eigenvalue weighted by atomic mass is 16.2. The Balaban J connectivity index is 1.96. The van der Waals surface area contributed by atoms with Crippen molar-refractivity contribution in [3.05, 3.63) is 59.1 Å². The highest BCUT2D eigenvalue weighted by molar-refractivity contribution is 5.96. The zero-order valence-corrected chi connectivity index (χ0v) is 21.0. The van der Waals surface area contributed by atoms with Crippen LogP contribution in [0.25, 0.3) is 0 Å². The van der Waals surface area contributed by atoms with Gasteiger partial charge >= 0.3 is 0 Å². The standard InChI is InChI=1S/C26H37N7O3/c1-7-21-17(2)29-25(23(31-21)24(27)35)30-20-11-8-10-19(16-20)13-14-28-26(36)18(3)33(6)22(34)12-9-15-32(4)5/h8-12,16,18H,7,13-15H2,1-6H3,(H2,27,35)(H,28,36)(H,29,30)/b12-9+/t18-/m0/s1/i4D3,5D3. The van der Waals surface area contributed by atoms with Crippen LogP contribution < -0.4 is 16.4 Å². The molecule has 0 fully saturated rings. The molecular weight excluding hydrogens is 458 g/mol. The Morgan fingerprint density at radius 2 is 2.00 bits per heavy atom. The van der Waals surface area contributed by atoms with E-state index in [2.05, 4.69) is 20.6 Å². The van der Waals surface area contributed by atoms with Crippen LogP contribution in [0.1, 0.15) is 49.5 Å². The molecule has 0 aliphatic carbocycles. The highest BCUT2D eigenvalue weighted by Crippen LogP contribution is 2.20. The number of primary amides is 1. The Hall–Kier alpha value is -3.79. The lowest BCUT2D eigenvalue weighted by Crippen LogP contribution is -2.45. The topological polar surface area (TPSA) is 134 Å². The fraction of sp³-hybridized carbons (Fsp3) is 0.423. The van der Waals surface area contributed by atoms with Gasteiger partial charge in [0.15, 0.2) is 11.5 Å². The van der Waals surface area contributed by atoms with Crippen LogP contribution in [0, 0.1) is 6.92 Å². The normalized spacial score (nSPS) is 15.1. The summed E-state index contributed by atoms with van der Waals surface area (Å²) in [6.07, 6.45) is 3.25. The summed E-state index contributed by atoms with van der Waals surface area (Å²) in [6.45, 7) is -0.716. The van der Waals surface area contributed by atoms with Gasteiger partial charge in [-0.15, -0.1) is 0 Å². The average molecular weight is 502 g/mol.